The molecule has 0 aromatic heterocycles. The Morgan fingerprint density at radius 2 is 1.73 bits per heavy atom. The van der Waals surface area contributed by atoms with Gasteiger partial charge in [0.2, 0.25) is 0 Å². The van der Waals surface area contributed by atoms with Gasteiger partial charge in [0.25, 0.3) is 5.91 Å². The molecule has 1 amide bonds. The summed E-state index contributed by atoms with van der Waals surface area (Å²) in [5.74, 6) is -0.766. The smallest absolute Gasteiger partial charge is 0.338 e. The van der Waals surface area contributed by atoms with E-state index in [1.54, 1.807) is 12.1 Å². The molecular formula is C21H26N2O3. The monoisotopic (exact) mass is 354 g/mol. The van der Waals surface area contributed by atoms with Crippen molar-refractivity contribution >= 4 is 17.6 Å². The highest BCUT2D eigenvalue weighted by Crippen LogP contribution is 2.10. The van der Waals surface area contributed by atoms with Crippen molar-refractivity contribution in [3.05, 3.63) is 65.7 Å². The number of hydrogen-bond acceptors (Lipinski definition) is 4. The Kier molecular flexibility index (Phi) is 7.68. The number of para-hydroxylation sites is 1. The van der Waals surface area contributed by atoms with Crippen molar-refractivity contribution in [3.63, 3.8) is 0 Å². The largest absolute Gasteiger partial charge is 0.452 e. The quantitative estimate of drug-likeness (QED) is 0.555. The van der Waals surface area contributed by atoms with Gasteiger partial charge in [0.1, 0.15) is 0 Å². The van der Waals surface area contributed by atoms with Gasteiger partial charge in [-0.3, -0.25) is 4.79 Å². The first-order chi connectivity index (χ1) is 12.6. The summed E-state index contributed by atoms with van der Waals surface area (Å²) in [6.07, 6.45) is 1.72. The summed E-state index contributed by atoms with van der Waals surface area (Å²) in [5, 5.41) is 2.77. The fourth-order valence-electron chi connectivity index (χ4n) is 2.50. The minimum Gasteiger partial charge on any atom is -0.452 e. The van der Waals surface area contributed by atoms with Crippen LogP contribution in [0.15, 0.2) is 54.6 Å². The van der Waals surface area contributed by atoms with Crippen LogP contribution in [0.1, 0.15) is 29.3 Å². The predicted octanol–water partition coefficient (Wildman–Crippen LogP) is 3.05. The third kappa shape index (κ3) is 6.24. The lowest BCUT2D eigenvalue weighted by atomic mass is 10.1. The van der Waals surface area contributed by atoms with E-state index in [-0.39, 0.29) is 12.5 Å². The van der Waals surface area contributed by atoms with Crippen molar-refractivity contribution in [2.24, 2.45) is 0 Å². The van der Waals surface area contributed by atoms with Crippen molar-refractivity contribution < 1.29 is 14.3 Å². The molecular weight excluding hydrogens is 328 g/mol. The first kappa shape index (κ1) is 19.5. The molecule has 0 fully saturated rings. The van der Waals surface area contributed by atoms with Crippen molar-refractivity contribution in [2.75, 3.05) is 31.6 Å². The number of anilines is 1. The fourth-order valence-corrected chi connectivity index (χ4v) is 2.50. The number of hydrogen-bond donors (Lipinski definition) is 1. The zero-order chi connectivity index (χ0) is 18.8. The van der Waals surface area contributed by atoms with Crippen LogP contribution >= 0.6 is 0 Å². The number of carbonyl (C=O) groups is 2. The first-order valence-corrected chi connectivity index (χ1v) is 8.89. The van der Waals surface area contributed by atoms with E-state index in [2.05, 4.69) is 17.1 Å². The summed E-state index contributed by atoms with van der Waals surface area (Å²) in [7, 11) is 2.02. The zero-order valence-corrected chi connectivity index (χ0v) is 15.4. The van der Waals surface area contributed by atoms with Crippen LogP contribution in [0.3, 0.4) is 0 Å². The molecule has 2 aromatic carbocycles. The summed E-state index contributed by atoms with van der Waals surface area (Å²) >= 11 is 0. The van der Waals surface area contributed by atoms with Crippen LogP contribution in [-0.2, 0) is 16.0 Å². The van der Waals surface area contributed by atoms with Crippen LogP contribution in [0.4, 0.5) is 5.69 Å². The van der Waals surface area contributed by atoms with Crippen LogP contribution in [0.2, 0.25) is 0 Å². The highest BCUT2D eigenvalue weighted by atomic mass is 16.5. The van der Waals surface area contributed by atoms with Crippen LogP contribution in [0.5, 0.6) is 0 Å². The summed E-state index contributed by atoms with van der Waals surface area (Å²) in [4.78, 5) is 25.8. The van der Waals surface area contributed by atoms with Crippen LogP contribution in [0.25, 0.3) is 0 Å². The van der Waals surface area contributed by atoms with Gasteiger partial charge in [-0.1, -0.05) is 37.3 Å². The molecule has 0 saturated heterocycles. The summed E-state index contributed by atoms with van der Waals surface area (Å²) in [5.41, 5.74) is 2.75. The molecule has 0 heterocycles. The molecule has 0 spiro atoms. The van der Waals surface area contributed by atoms with Crippen LogP contribution < -0.4 is 10.2 Å². The molecule has 5 heteroatoms. The minimum absolute atomic E-state index is 0.261. The van der Waals surface area contributed by atoms with Crippen LogP contribution in [-0.4, -0.2) is 38.6 Å². The average molecular weight is 354 g/mol. The average Bonchev–Trinajstić information content (AvgIpc) is 2.70. The number of benzene rings is 2. The molecule has 26 heavy (non-hydrogen) atoms. The third-order valence-electron chi connectivity index (χ3n) is 4.12. The Morgan fingerprint density at radius 3 is 2.38 bits per heavy atom. The first-order valence-electron chi connectivity index (χ1n) is 8.89. The van der Waals surface area contributed by atoms with E-state index in [0.717, 1.165) is 30.6 Å². The van der Waals surface area contributed by atoms with Crippen LogP contribution in [0, 0.1) is 0 Å². The number of nitrogens with zero attached hydrogens (tertiary/aromatic N) is 1. The van der Waals surface area contributed by atoms with Crippen molar-refractivity contribution in [2.45, 2.75) is 19.8 Å². The van der Waals surface area contributed by atoms with E-state index in [9.17, 15) is 9.59 Å². The molecule has 0 aliphatic carbocycles. The molecule has 5 nitrogen and oxygen atoms in total. The van der Waals surface area contributed by atoms with Gasteiger partial charge in [-0.25, -0.2) is 4.79 Å². The Morgan fingerprint density at radius 1 is 1.04 bits per heavy atom. The molecule has 0 unspecified atom stereocenters. The Balaban J connectivity index is 1.63. The maximum absolute atomic E-state index is 11.9. The SMILES string of the molecule is CCc1ccc(C(=O)OCC(=O)NCCCN(C)c2ccccc2)cc1. The number of esters is 1. The van der Waals surface area contributed by atoms with Crippen molar-refractivity contribution in [1.82, 2.24) is 5.32 Å². The van der Waals surface area contributed by atoms with E-state index in [4.69, 9.17) is 4.74 Å². The fraction of sp³-hybridized carbons (Fsp3) is 0.333. The lowest BCUT2D eigenvalue weighted by Crippen LogP contribution is -2.31. The second-order valence-electron chi connectivity index (χ2n) is 6.09. The third-order valence-corrected chi connectivity index (χ3v) is 4.12. The normalized spacial score (nSPS) is 10.2. The van der Waals surface area contributed by atoms with Gasteiger partial charge in [-0.05, 0) is 42.7 Å². The van der Waals surface area contributed by atoms with Gasteiger partial charge in [0, 0.05) is 25.8 Å². The van der Waals surface area contributed by atoms with Gasteiger partial charge < -0.3 is 15.0 Å². The molecule has 0 atom stereocenters. The topological polar surface area (TPSA) is 58.6 Å². The summed E-state index contributed by atoms with van der Waals surface area (Å²) < 4.78 is 5.05. The number of aryl methyl sites for hydroxylation is 1. The second kappa shape index (κ2) is 10.2. The molecule has 1 N–H and O–H groups in total. The Hall–Kier alpha value is -2.82. The Bertz CT molecular complexity index is 699. The van der Waals surface area contributed by atoms with Gasteiger partial charge in [-0.2, -0.15) is 0 Å². The lowest BCUT2D eigenvalue weighted by molar-refractivity contribution is -0.124. The van der Waals surface area contributed by atoms with E-state index in [1.165, 1.54) is 0 Å². The van der Waals surface area contributed by atoms with E-state index in [1.807, 2.05) is 49.5 Å². The van der Waals surface area contributed by atoms with Crippen molar-refractivity contribution in [3.8, 4) is 0 Å². The molecule has 2 rings (SSSR count). The van der Waals surface area contributed by atoms with E-state index < -0.39 is 5.97 Å². The molecule has 0 aliphatic heterocycles. The molecule has 138 valence electrons. The van der Waals surface area contributed by atoms with Gasteiger partial charge in [0.15, 0.2) is 6.61 Å². The zero-order valence-electron chi connectivity index (χ0n) is 15.4. The number of amides is 1. The maximum atomic E-state index is 11.9. The molecule has 0 saturated carbocycles. The second-order valence-corrected chi connectivity index (χ2v) is 6.09. The standard InChI is InChI=1S/C21H26N2O3/c1-3-17-10-12-18(13-11-17)21(25)26-16-20(24)22-14-7-15-23(2)19-8-5-4-6-9-19/h4-6,8-13H,3,7,14-16H2,1-2H3,(H,22,24). The van der Waals surface area contributed by atoms with E-state index in [0.29, 0.717) is 12.1 Å². The highest BCUT2D eigenvalue weighted by Gasteiger charge is 2.10. The van der Waals surface area contributed by atoms with Gasteiger partial charge in [-0.15, -0.1) is 0 Å². The van der Waals surface area contributed by atoms with E-state index >= 15 is 0 Å². The minimum atomic E-state index is -0.480. The molecule has 0 aliphatic rings. The number of ether oxygens (including phenoxy) is 1. The lowest BCUT2D eigenvalue weighted by Gasteiger charge is -2.19. The Labute approximate surface area is 155 Å². The molecule has 0 bridgehead atoms. The molecule has 2 aromatic rings. The highest BCUT2D eigenvalue weighted by molar-refractivity contribution is 5.91. The number of nitrogens with one attached hydrogen (secondary N) is 1. The summed E-state index contributed by atoms with van der Waals surface area (Å²) in [6.45, 7) is 3.16. The number of carbonyl (C=O) groups excluding carboxylic acids is 2. The van der Waals surface area contributed by atoms with Gasteiger partial charge in [0.05, 0.1) is 5.56 Å². The predicted molar refractivity (Wildman–Crippen MR) is 103 cm³/mol. The summed E-state index contributed by atoms with van der Waals surface area (Å²) in [6, 6.07) is 17.3. The van der Waals surface area contributed by atoms with Gasteiger partial charge >= 0.3 is 5.97 Å². The van der Waals surface area contributed by atoms with Crippen molar-refractivity contribution in [1.29, 1.82) is 0 Å². The number of rotatable bonds is 9. The maximum Gasteiger partial charge on any atom is 0.338 e. The molecule has 0 radical (unpaired) electrons.